The van der Waals surface area contributed by atoms with Crippen LogP contribution in [0.1, 0.15) is 42.3 Å². The van der Waals surface area contributed by atoms with Gasteiger partial charge in [-0.15, -0.1) is 0 Å². The van der Waals surface area contributed by atoms with Crippen molar-refractivity contribution >= 4 is 5.91 Å². The van der Waals surface area contributed by atoms with Crippen molar-refractivity contribution in [2.75, 3.05) is 7.05 Å². The molecule has 1 aliphatic rings. The zero-order valence-electron chi connectivity index (χ0n) is 10.6. The van der Waals surface area contributed by atoms with Gasteiger partial charge in [0.1, 0.15) is 0 Å². The molecule has 0 bridgehead atoms. The molecule has 1 aromatic rings. The van der Waals surface area contributed by atoms with Crippen molar-refractivity contribution in [1.82, 2.24) is 9.88 Å². The summed E-state index contributed by atoms with van der Waals surface area (Å²) in [4.78, 5) is 11.3. The van der Waals surface area contributed by atoms with Crippen LogP contribution in [-0.4, -0.2) is 17.5 Å². The van der Waals surface area contributed by atoms with E-state index in [1.165, 1.54) is 17.0 Å². The van der Waals surface area contributed by atoms with Gasteiger partial charge in [0, 0.05) is 37.4 Å². The van der Waals surface area contributed by atoms with Crippen molar-refractivity contribution in [3.63, 3.8) is 0 Å². The van der Waals surface area contributed by atoms with Crippen LogP contribution in [-0.2, 0) is 17.8 Å². The number of nitrogens with zero attached hydrogens (tertiary/aromatic N) is 1. The average molecular weight is 235 g/mol. The van der Waals surface area contributed by atoms with Crippen LogP contribution in [0.4, 0.5) is 0 Å². The van der Waals surface area contributed by atoms with Crippen LogP contribution in [0.15, 0.2) is 6.07 Å². The fourth-order valence-electron chi connectivity index (χ4n) is 2.65. The SMILES string of the molecule is CNC(=O)CCn1c(C)cc2c1CCCC2N. The number of amides is 1. The molecular formula is C13H21N3O. The van der Waals surface area contributed by atoms with Gasteiger partial charge in [-0.2, -0.15) is 0 Å². The number of nitrogens with two attached hydrogens (primary N) is 1. The Balaban J connectivity index is 2.19. The van der Waals surface area contributed by atoms with Gasteiger partial charge in [-0.3, -0.25) is 4.79 Å². The van der Waals surface area contributed by atoms with Crippen LogP contribution in [0, 0.1) is 6.92 Å². The van der Waals surface area contributed by atoms with Gasteiger partial charge < -0.3 is 15.6 Å². The van der Waals surface area contributed by atoms with Crippen molar-refractivity contribution in [3.05, 3.63) is 23.0 Å². The third kappa shape index (κ3) is 2.36. The van der Waals surface area contributed by atoms with Crippen LogP contribution in [0.2, 0.25) is 0 Å². The summed E-state index contributed by atoms with van der Waals surface area (Å²) in [7, 11) is 1.68. The standard InChI is InChI=1S/C13H21N3O/c1-9-8-10-11(14)4-3-5-12(10)16(9)7-6-13(17)15-2/h8,11H,3-7,14H2,1-2H3,(H,15,17). The van der Waals surface area contributed by atoms with E-state index >= 15 is 0 Å². The lowest BCUT2D eigenvalue weighted by molar-refractivity contribution is -0.120. The molecule has 0 fully saturated rings. The molecule has 1 amide bonds. The summed E-state index contributed by atoms with van der Waals surface area (Å²) in [5.74, 6) is 0.0898. The topological polar surface area (TPSA) is 60.0 Å². The van der Waals surface area contributed by atoms with Crippen molar-refractivity contribution < 1.29 is 4.79 Å². The fraction of sp³-hybridized carbons (Fsp3) is 0.615. The first-order valence-corrected chi connectivity index (χ1v) is 6.28. The highest BCUT2D eigenvalue weighted by Crippen LogP contribution is 2.30. The van der Waals surface area contributed by atoms with Crippen LogP contribution < -0.4 is 11.1 Å². The van der Waals surface area contributed by atoms with E-state index in [9.17, 15) is 4.79 Å². The summed E-state index contributed by atoms with van der Waals surface area (Å²) >= 11 is 0. The summed E-state index contributed by atoms with van der Waals surface area (Å²) in [6.45, 7) is 2.85. The second-order valence-electron chi connectivity index (χ2n) is 4.76. The van der Waals surface area contributed by atoms with Gasteiger partial charge in [0.15, 0.2) is 0 Å². The van der Waals surface area contributed by atoms with E-state index in [0.717, 1.165) is 25.8 Å². The Bertz CT molecular complexity index is 423. The van der Waals surface area contributed by atoms with E-state index in [4.69, 9.17) is 5.73 Å². The lowest BCUT2D eigenvalue weighted by atomic mass is 9.93. The predicted molar refractivity (Wildman–Crippen MR) is 67.7 cm³/mol. The lowest BCUT2D eigenvalue weighted by Gasteiger charge is -2.21. The molecule has 1 atom stereocenters. The monoisotopic (exact) mass is 235 g/mol. The fourth-order valence-corrected chi connectivity index (χ4v) is 2.65. The van der Waals surface area contributed by atoms with Gasteiger partial charge in [-0.1, -0.05) is 0 Å². The number of aromatic nitrogens is 1. The maximum atomic E-state index is 11.3. The lowest BCUT2D eigenvalue weighted by Crippen LogP contribution is -2.22. The summed E-state index contributed by atoms with van der Waals surface area (Å²) in [6.07, 6.45) is 3.85. The molecule has 2 rings (SSSR count). The number of fused-ring (bicyclic) bond motifs is 1. The number of hydrogen-bond donors (Lipinski definition) is 2. The van der Waals surface area contributed by atoms with Gasteiger partial charge in [-0.05, 0) is 37.8 Å². The smallest absolute Gasteiger partial charge is 0.221 e. The number of hydrogen-bond acceptors (Lipinski definition) is 2. The highest BCUT2D eigenvalue weighted by Gasteiger charge is 2.21. The number of carbonyl (C=O) groups is 1. The summed E-state index contributed by atoms with van der Waals surface area (Å²) in [5.41, 5.74) is 9.96. The Hall–Kier alpha value is -1.29. The molecule has 4 heteroatoms. The third-order valence-corrected chi connectivity index (χ3v) is 3.62. The van der Waals surface area contributed by atoms with Crippen molar-refractivity contribution in [2.24, 2.45) is 5.73 Å². The Kier molecular flexibility index (Phi) is 3.52. The van der Waals surface area contributed by atoms with Crippen molar-refractivity contribution in [1.29, 1.82) is 0 Å². The summed E-state index contributed by atoms with van der Waals surface area (Å²) < 4.78 is 2.25. The number of aryl methyl sites for hydroxylation is 1. The molecule has 0 saturated carbocycles. The van der Waals surface area contributed by atoms with Crippen molar-refractivity contribution in [3.8, 4) is 0 Å². The van der Waals surface area contributed by atoms with Crippen LogP contribution in [0.25, 0.3) is 0 Å². The Labute approximate surface area is 102 Å². The highest BCUT2D eigenvalue weighted by molar-refractivity contribution is 5.75. The minimum absolute atomic E-state index is 0.0898. The van der Waals surface area contributed by atoms with Gasteiger partial charge in [-0.25, -0.2) is 0 Å². The molecule has 0 aliphatic heterocycles. The molecule has 1 aromatic heterocycles. The van der Waals surface area contributed by atoms with E-state index in [2.05, 4.69) is 22.9 Å². The first-order chi connectivity index (χ1) is 8.13. The van der Waals surface area contributed by atoms with Crippen LogP contribution >= 0.6 is 0 Å². The highest BCUT2D eigenvalue weighted by atomic mass is 16.1. The minimum atomic E-state index is 0.0898. The second-order valence-corrected chi connectivity index (χ2v) is 4.76. The molecule has 0 spiro atoms. The molecule has 94 valence electrons. The minimum Gasteiger partial charge on any atom is -0.359 e. The predicted octanol–water partition coefficient (Wildman–Crippen LogP) is 1.27. The molecule has 0 aromatic carbocycles. The number of rotatable bonds is 3. The zero-order valence-corrected chi connectivity index (χ0v) is 10.6. The van der Waals surface area contributed by atoms with E-state index in [-0.39, 0.29) is 11.9 Å². The average Bonchev–Trinajstić information content (AvgIpc) is 2.64. The van der Waals surface area contributed by atoms with Gasteiger partial charge in [0.05, 0.1) is 0 Å². The zero-order chi connectivity index (χ0) is 12.4. The van der Waals surface area contributed by atoms with Gasteiger partial charge in [0.25, 0.3) is 0 Å². The third-order valence-electron chi connectivity index (χ3n) is 3.62. The maximum absolute atomic E-state index is 11.3. The molecule has 3 N–H and O–H groups in total. The first kappa shape index (κ1) is 12.2. The Morgan fingerprint density at radius 2 is 2.41 bits per heavy atom. The molecule has 0 radical (unpaired) electrons. The molecular weight excluding hydrogens is 214 g/mol. The van der Waals surface area contributed by atoms with Crippen LogP contribution in [0.3, 0.4) is 0 Å². The number of carbonyl (C=O) groups excluding carboxylic acids is 1. The normalized spacial score (nSPS) is 18.9. The molecule has 17 heavy (non-hydrogen) atoms. The molecule has 1 heterocycles. The molecule has 0 saturated heterocycles. The van der Waals surface area contributed by atoms with E-state index in [1.807, 2.05) is 0 Å². The molecule has 1 aliphatic carbocycles. The second kappa shape index (κ2) is 4.92. The largest absolute Gasteiger partial charge is 0.359 e. The van der Waals surface area contributed by atoms with E-state index in [1.54, 1.807) is 7.05 Å². The Morgan fingerprint density at radius 3 is 3.12 bits per heavy atom. The van der Waals surface area contributed by atoms with Crippen molar-refractivity contribution in [2.45, 2.75) is 45.2 Å². The Morgan fingerprint density at radius 1 is 1.65 bits per heavy atom. The van der Waals surface area contributed by atoms with E-state index in [0.29, 0.717) is 6.42 Å². The molecule has 1 unspecified atom stereocenters. The van der Waals surface area contributed by atoms with E-state index < -0.39 is 0 Å². The van der Waals surface area contributed by atoms with Gasteiger partial charge >= 0.3 is 0 Å². The maximum Gasteiger partial charge on any atom is 0.221 e. The quantitative estimate of drug-likeness (QED) is 0.829. The molecule has 4 nitrogen and oxygen atoms in total. The summed E-state index contributed by atoms with van der Waals surface area (Å²) in [6, 6.07) is 2.36. The first-order valence-electron chi connectivity index (χ1n) is 6.28. The van der Waals surface area contributed by atoms with Gasteiger partial charge in [0.2, 0.25) is 5.91 Å². The number of nitrogens with one attached hydrogen (secondary N) is 1. The summed E-state index contributed by atoms with van der Waals surface area (Å²) in [5, 5.41) is 2.66. The van der Waals surface area contributed by atoms with Crippen LogP contribution in [0.5, 0.6) is 0 Å².